The zero-order valence-electron chi connectivity index (χ0n) is 19.2. The normalized spacial score (nSPS) is 10.1. The summed E-state index contributed by atoms with van der Waals surface area (Å²) in [7, 11) is 6.12. The maximum absolute atomic E-state index is 12.9. The van der Waals surface area contributed by atoms with Crippen molar-refractivity contribution in [3.63, 3.8) is 0 Å². The van der Waals surface area contributed by atoms with Crippen molar-refractivity contribution in [2.75, 3.05) is 38.6 Å². The van der Waals surface area contributed by atoms with Crippen molar-refractivity contribution < 1.29 is 23.8 Å². The summed E-state index contributed by atoms with van der Waals surface area (Å²) in [5.41, 5.74) is 2.07. The van der Waals surface area contributed by atoms with Gasteiger partial charge in [-0.05, 0) is 54.7 Å². The van der Waals surface area contributed by atoms with E-state index in [-0.39, 0.29) is 16.6 Å². The number of carbonyl (C=O) groups excluding carboxylic acids is 2. The Morgan fingerprint density at radius 3 is 2.06 bits per heavy atom. The number of para-hydroxylation sites is 1. The molecule has 0 spiro atoms. The molecule has 0 radical (unpaired) electrons. The van der Waals surface area contributed by atoms with Gasteiger partial charge in [-0.2, -0.15) is 0 Å². The Bertz CT molecular complexity index is 1180. The molecular weight excluding hydrogens is 454 g/mol. The van der Waals surface area contributed by atoms with Crippen LogP contribution in [0.1, 0.15) is 20.7 Å². The van der Waals surface area contributed by atoms with Crippen molar-refractivity contribution in [2.24, 2.45) is 0 Å². The Kier molecular flexibility index (Phi) is 8.05. The minimum Gasteiger partial charge on any atom is -0.493 e. The van der Waals surface area contributed by atoms with E-state index in [2.05, 4.69) is 10.6 Å². The van der Waals surface area contributed by atoms with Gasteiger partial charge >= 0.3 is 0 Å². The monoisotopic (exact) mass is 479 g/mol. The summed E-state index contributed by atoms with van der Waals surface area (Å²) in [5.74, 6) is 0.429. The number of anilines is 2. The molecule has 0 aliphatic rings. The van der Waals surface area contributed by atoms with Crippen LogP contribution in [0.3, 0.4) is 0 Å². The van der Waals surface area contributed by atoms with Crippen molar-refractivity contribution in [3.05, 3.63) is 77.9 Å². The van der Waals surface area contributed by atoms with E-state index < -0.39 is 5.91 Å². The molecule has 9 heteroatoms. The van der Waals surface area contributed by atoms with Crippen LogP contribution in [0.5, 0.6) is 17.2 Å². The van der Waals surface area contributed by atoms with Gasteiger partial charge in [0.05, 0.1) is 21.3 Å². The number of nitrogens with zero attached hydrogens (tertiary/aromatic N) is 1. The molecule has 8 nitrogen and oxygen atoms in total. The molecule has 176 valence electrons. The minimum atomic E-state index is -0.465. The lowest BCUT2D eigenvalue weighted by Gasteiger charge is -2.18. The fourth-order valence-corrected chi connectivity index (χ4v) is 3.45. The summed E-state index contributed by atoms with van der Waals surface area (Å²) in [5, 5.41) is 5.62. The van der Waals surface area contributed by atoms with Gasteiger partial charge < -0.3 is 24.4 Å². The Balaban J connectivity index is 1.71. The first-order valence-corrected chi connectivity index (χ1v) is 10.6. The maximum Gasteiger partial charge on any atom is 0.258 e. The standard InChI is InChI=1S/C25H25N3O5S/c1-28(19-11-6-5-7-12-19)24(30)16-9-8-10-18(13-16)26-25(34)27-23(29)17-14-20(31-2)22(33-4)21(15-17)32-3/h5-15H,1-4H3,(H2,26,27,29,34). The van der Waals surface area contributed by atoms with Crippen molar-refractivity contribution in [1.29, 1.82) is 0 Å². The molecule has 0 aliphatic carbocycles. The summed E-state index contributed by atoms with van der Waals surface area (Å²) >= 11 is 5.29. The van der Waals surface area contributed by atoms with Gasteiger partial charge in [-0.1, -0.05) is 24.3 Å². The molecule has 2 N–H and O–H groups in total. The molecule has 0 saturated heterocycles. The minimum absolute atomic E-state index is 0.0692. The molecule has 3 rings (SSSR count). The van der Waals surface area contributed by atoms with Crippen LogP contribution in [0, 0.1) is 0 Å². The molecule has 0 unspecified atom stereocenters. The first kappa shape index (κ1) is 24.5. The summed E-state index contributed by atoms with van der Waals surface area (Å²) in [6.07, 6.45) is 0. The zero-order chi connectivity index (χ0) is 24.7. The van der Waals surface area contributed by atoms with Crippen LogP contribution < -0.4 is 29.7 Å². The quantitative estimate of drug-likeness (QED) is 0.493. The van der Waals surface area contributed by atoms with E-state index in [4.69, 9.17) is 26.4 Å². The largest absolute Gasteiger partial charge is 0.493 e. The van der Waals surface area contributed by atoms with E-state index in [0.717, 1.165) is 5.69 Å². The van der Waals surface area contributed by atoms with Gasteiger partial charge in [0.1, 0.15) is 0 Å². The van der Waals surface area contributed by atoms with Crippen molar-refractivity contribution >= 4 is 40.5 Å². The second kappa shape index (κ2) is 11.2. The van der Waals surface area contributed by atoms with Gasteiger partial charge in [0.15, 0.2) is 16.6 Å². The average Bonchev–Trinajstić information content (AvgIpc) is 2.87. The molecule has 2 amide bonds. The first-order chi connectivity index (χ1) is 16.4. The first-order valence-electron chi connectivity index (χ1n) is 10.2. The molecule has 0 saturated carbocycles. The highest BCUT2D eigenvalue weighted by Gasteiger charge is 2.18. The van der Waals surface area contributed by atoms with Crippen LogP contribution in [-0.2, 0) is 0 Å². The molecule has 0 aromatic heterocycles. The topological polar surface area (TPSA) is 89.1 Å². The lowest BCUT2D eigenvalue weighted by molar-refractivity contribution is 0.0973. The second-order valence-electron chi connectivity index (χ2n) is 7.10. The van der Waals surface area contributed by atoms with Gasteiger partial charge in [0.25, 0.3) is 11.8 Å². The predicted molar refractivity (Wildman–Crippen MR) is 135 cm³/mol. The average molecular weight is 480 g/mol. The second-order valence-corrected chi connectivity index (χ2v) is 7.51. The van der Waals surface area contributed by atoms with Gasteiger partial charge in [-0.25, -0.2) is 0 Å². The summed E-state index contributed by atoms with van der Waals surface area (Å²) < 4.78 is 15.9. The number of carbonyl (C=O) groups is 2. The zero-order valence-corrected chi connectivity index (χ0v) is 20.1. The maximum atomic E-state index is 12.9. The van der Waals surface area contributed by atoms with Gasteiger partial charge in [-0.15, -0.1) is 0 Å². The lowest BCUT2D eigenvalue weighted by Crippen LogP contribution is -2.34. The number of thiocarbonyl (C=S) groups is 1. The molecule has 0 aliphatic heterocycles. The van der Waals surface area contributed by atoms with Crippen LogP contribution in [0.4, 0.5) is 11.4 Å². The van der Waals surface area contributed by atoms with Crippen LogP contribution in [0.25, 0.3) is 0 Å². The van der Waals surface area contributed by atoms with E-state index in [1.165, 1.54) is 33.5 Å². The third-order valence-corrected chi connectivity index (χ3v) is 5.17. The molecular formula is C25H25N3O5S. The molecule has 0 heterocycles. The van der Waals surface area contributed by atoms with Gasteiger partial charge in [0.2, 0.25) is 5.75 Å². The Morgan fingerprint density at radius 2 is 1.47 bits per heavy atom. The lowest BCUT2D eigenvalue weighted by atomic mass is 10.1. The summed E-state index contributed by atoms with van der Waals surface area (Å²) in [6.45, 7) is 0. The number of hydrogen-bond acceptors (Lipinski definition) is 6. The SMILES string of the molecule is COc1cc(C(=O)NC(=S)Nc2cccc(C(=O)N(C)c3ccccc3)c2)cc(OC)c1OC. The molecule has 34 heavy (non-hydrogen) atoms. The molecule has 3 aromatic rings. The highest BCUT2D eigenvalue weighted by molar-refractivity contribution is 7.80. The highest BCUT2D eigenvalue weighted by atomic mass is 32.1. The Hall–Kier alpha value is -4.11. The van der Waals surface area contributed by atoms with Crippen LogP contribution in [-0.4, -0.2) is 45.3 Å². The van der Waals surface area contributed by atoms with Crippen LogP contribution in [0.2, 0.25) is 0 Å². The number of amides is 2. The van der Waals surface area contributed by atoms with Crippen molar-refractivity contribution in [1.82, 2.24) is 5.32 Å². The Labute approximate surface area is 203 Å². The van der Waals surface area contributed by atoms with E-state index >= 15 is 0 Å². The highest BCUT2D eigenvalue weighted by Crippen LogP contribution is 2.38. The van der Waals surface area contributed by atoms with Crippen molar-refractivity contribution in [3.8, 4) is 17.2 Å². The smallest absolute Gasteiger partial charge is 0.258 e. The summed E-state index contributed by atoms with van der Waals surface area (Å²) in [6, 6.07) is 19.2. The Morgan fingerprint density at radius 1 is 0.824 bits per heavy atom. The predicted octanol–water partition coefficient (Wildman–Crippen LogP) is 4.12. The van der Waals surface area contributed by atoms with E-state index in [0.29, 0.717) is 28.5 Å². The van der Waals surface area contributed by atoms with Crippen LogP contribution >= 0.6 is 12.2 Å². The van der Waals surface area contributed by atoms with Gasteiger partial charge in [-0.3, -0.25) is 14.9 Å². The third kappa shape index (κ3) is 5.62. The fourth-order valence-electron chi connectivity index (χ4n) is 3.24. The van der Waals surface area contributed by atoms with E-state index in [1.807, 2.05) is 30.3 Å². The number of benzene rings is 3. The van der Waals surface area contributed by atoms with Gasteiger partial charge in [0, 0.05) is 29.5 Å². The third-order valence-electron chi connectivity index (χ3n) is 4.97. The van der Waals surface area contributed by atoms with E-state index in [9.17, 15) is 9.59 Å². The number of methoxy groups -OCH3 is 3. The van der Waals surface area contributed by atoms with Crippen LogP contribution in [0.15, 0.2) is 66.7 Å². The molecule has 0 fully saturated rings. The molecule has 0 bridgehead atoms. The number of ether oxygens (including phenoxy) is 3. The number of rotatable bonds is 7. The fraction of sp³-hybridized carbons (Fsp3) is 0.160. The number of nitrogens with one attached hydrogen (secondary N) is 2. The number of hydrogen-bond donors (Lipinski definition) is 2. The molecule has 3 aromatic carbocycles. The van der Waals surface area contributed by atoms with Crippen molar-refractivity contribution in [2.45, 2.75) is 0 Å². The van der Waals surface area contributed by atoms with E-state index in [1.54, 1.807) is 36.2 Å². The molecule has 0 atom stereocenters. The summed E-state index contributed by atoms with van der Waals surface area (Å²) in [4.78, 5) is 27.2.